The second-order valence-electron chi connectivity index (χ2n) is 5.27. The molecule has 0 bridgehead atoms. The van der Waals surface area contributed by atoms with Crippen LogP contribution in [0.5, 0.6) is 0 Å². The summed E-state index contributed by atoms with van der Waals surface area (Å²) >= 11 is 5.13. The fraction of sp³-hybridized carbons (Fsp3) is 0.375. The average Bonchev–Trinajstić information content (AvgIpc) is 2.62. The van der Waals surface area contributed by atoms with E-state index in [0.29, 0.717) is 10.7 Å². The van der Waals surface area contributed by atoms with E-state index in [2.05, 4.69) is 20.7 Å². The lowest BCUT2D eigenvalue weighted by Gasteiger charge is -2.26. The van der Waals surface area contributed by atoms with Crippen molar-refractivity contribution in [1.82, 2.24) is 15.6 Å². The van der Waals surface area contributed by atoms with Crippen LogP contribution in [0.3, 0.4) is 0 Å². The van der Waals surface area contributed by atoms with Crippen LogP contribution < -0.4 is 10.7 Å². The van der Waals surface area contributed by atoms with Gasteiger partial charge >= 0.3 is 0 Å². The number of ether oxygens (including phenoxy) is 1. The second kappa shape index (κ2) is 10.5. The lowest BCUT2D eigenvalue weighted by atomic mass is 10.2. The molecule has 1 fully saturated rings. The first-order chi connectivity index (χ1) is 12.2. The number of nitrogens with zero attached hydrogens (tertiary/aromatic N) is 3. The quantitative estimate of drug-likeness (QED) is 0.327. The van der Waals surface area contributed by atoms with Gasteiger partial charge in [0.2, 0.25) is 0 Å². The van der Waals surface area contributed by atoms with E-state index in [9.17, 15) is 10.1 Å². The molecule has 1 aliphatic rings. The Hall–Kier alpha value is -2.36. The molecule has 1 aliphatic heterocycles. The molecule has 0 atom stereocenters. The molecule has 0 radical (unpaired) electrons. The minimum Gasteiger partial charge on any atom is -0.379 e. The smallest absolute Gasteiger partial charge is 0.276 e. The first kappa shape index (κ1) is 19.0. The minimum atomic E-state index is -0.414. The molecule has 0 aliphatic carbocycles. The standard InChI is InChI=1S/C16H21N5O3S/c22-21(23)15-6-2-1-4-14(15)5-3-7-18-19-16(25)17-8-9-20-10-12-24-13-11-20/h1-7H,8-13H2,(H2,17,19,25)/b5-3+,18-7-. The van der Waals surface area contributed by atoms with Crippen LogP contribution in [-0.2, 0) is 4.74 Å². The van der Waals surface area contributed by atoms with Crippen molar-refractivity contribution < 1.29 is 9.66 Å². The van der Waals surface area contributed by atoms with Gasteiger partial charge in [0.1, 0.15) is 0 Å². The maximum Gasteiger partial charge on any atom is 0.276 e. The van der Waals surface area contributed by atoms with Crippen LogP contribution in [0.2, 0.25) is 0 Å². The Kier molecular flexibility index (Phi) is 7.96. The number of hydrogen-bond donors (Lipinski definition) is 2. The maximum absolute atomic E-state index is 10.9. The topological polar surface area (TPSA) is 92.0 Å². The highest BCUT2D eigenvalue weighted by atomic mass is 32.1. The monoisotopic (exact) mass is 363 g/mol. The summed E-state index contributed by atoms with van der Waals surface area (Å²) in [5.41, 5.74) is 3.28. The zero-order valence-electron chi connectivity index (χ0n) is 13.8. The van der Waals surface area contributed by atoms with Crippen LogP contribution in [0.4, 0.5) is 5.69 Å². The second-order valence-corrected chi connectivity index (χ2v) is 5.68. The van der Waals surface area contributed by atoms with Crippen LogP contribution in [0.25, 0.3) is 6.08 Å². The largest absolute Gasteiger partial charge is 0.379 e. The number of hydrogen-bond acceptors (Lipinski definition) is 6. The number of nitro groups is 1. The summed E-state index contributed by atoms with van der Waals surface area (Å²) in [5.74, 6) is 0. The third-order valence-corrected chi connectivity index (χ3v) is 3.79. The van der Waals surface area contributed by atoms with Crippen LogP contribution in [0.15, 0.2) is 35.4 Å². The van der Waals surface area contributed by atoms with E-state index < -0.39 is 4.92 Å². The SMILES string of the molecule is O=[N+]([O-])c1ccccc1/C=C/C=N\NC(=S)NCCN1CCOCC1. The molecule has 9 heteroatoms. The number of nitro benzene ring substituents is 1. The summed E-state index contributed by atoms with van der Waals surface area (Å²) in [6.07, 6.45) is 4.73. The molecular formula is C16H21N5O3S. The highest BCUT2D eigenvalue weighted by molar-refractivity contribution is 7.80. The number of hydrazone groups is 1. The van der Waals surface area contributed by atoms with Gasteiger partial charge in [0.25, 0.3) is 5.69 Å². The van der Waals surface area contributed by atoms with Crippen molar-refractivity contribution in [2.24, 2.45) is 5.10 Å². The van der Waals surface area contributed by atoms with E-state index in [1.54, 1.807) is 30.4 Å². The zero-order chi connectivity index (χ0) is 17.9. The Labute approximate surface area is 151 Å². The predicted octanol–water partition coefficient (Wildman–Crippen LogP) is 1.39. The summed E-state index contributed by atoms with van der Waals surface area (Å²) in [6, 6.07) is 6.51. The number of benzene rings is 1. The van der Waals surface area contributed by atoms with Gasteiger partial charge in [-0.25, -0.2) is 0 Å². The lowest BCUT2D eigenvalue weighted by Crippen LogP contribution is -2.42. The molecule has 0 aromatic heterocycles. The van der Waals surface area contributed by atoms with E-state index in [4.69, 9.17) is 17.0 Å². The summed E-state index contributed by atoms with van der Waals surface area (Å²) in [7, 11) is 0. The predicted molar refractivity (Wildman–Crippen MR) is 102 cm³/mol. The lowest BCUT2D eigenvalue weighted by molar-refractivity contribution is -0.385. The van der Waals surface area contributed by atoms with Crippen molar-refractivity contribution in [3.05, 3.63) is 46.0 Å². The molecule has 8 nitrogen and oxygen atoms in total. The molecule has 0 saturated carbocycles. The summed E-state index contributed by atoms with van der Waals surface area (Å²) in [6.45, 7) is 5.06. The van der Waals surface area contributed by atoms with Gasteiger partial charge in [0.05, 0.1) is 23.7 Å². The highest BCUT2D eigenvalue weighted by Crippen LogP contribution is 2.18. The van der Waals surface area contributed by atoms with E-state index in [0.717, 1.165) is 39.4 Å². The molecule has 25 heavy (non-hydrogen) atoms. The number of allylic oxidation sites excluding steroid dienone is 1. The van der Waals surface area contributed by atoms with E-state index in [-0.39, 0.29) is 5.69 Å². The van der Waals surface area contributed by atoms with Gasteiger partial charge in [-0.05, 0) is 30.4 Å². The van der Waals surface area contributed by atoms with E-state index >= 15 is 0 Å². The molecule has 1 saturated heterocycles. The Morgan fingerprint density at radius 2 is 2.16 bits per heavy atom. The van der Waals surface area contributed by atoms with Crippen LogP contribution in [-0.4, -0.2) is 60.5 Å². The fourth-order valence-electron chi connectivity index (χ4n) is 2.27. The Morgan fingerprint density at radius 1 is 1.40 bits per heavy atom. The van der Waals surface area contributed by atoms with Crippen molar-refractivity contribution in [2.75, 3.05) is 39.4 Å². The Balaban J connectivity index is 1.68. The maximum atomic E-state index is 10.9. The van der Waals surface area contributed by atoms with Crippen LogP contribution >= 0.6 is 12.2 Å². The third kappa shape index (κ3) is 6.96. The highest BCUT2D eigenvalue weighted by Gasteiger charge is 2.09. The average molecular weight is 363 g/mol. The molecule has 0 unspecified atom stereocenters. The van der Waals surface area contributed by atoms with Crippen LogP contribution in [0, 0.1) is 10.1 Å². The first-order valence-corrected chi connectivity index (χ1v) is 8.35. The number of nitrogens with one attached hydrogen (secondary N) is 2. The molecule has 1 aromatic carbocycles. The van der Waals surface area contributed by atoms with Crippen LogP contribution in [0.1, 0.15) is 5.56 Å². The molecule has 0 amide bonds. The number of rotatable bonds is 7. The van der Waals surface area contributed by atoms with Crippen molar-refractivity contribution >= 4 is 35.3 Å². The van der Waals surface area contributed by atoms with E-state index in [1.807, 2.05) is 0 Å². The number of para-hydroxylation sites is 1. The van der Waals surface area contributed by atoms with Gasteiger partial charge in [-0.1, -0.05) is 12.1 Å². The molecule has 1 aromatic rings. The van der Waals surface area contributed by atoms with Gasteiger partial charge in [0.15, 0.2) is 5.11 Å². The van der Waals surface area contributed by atoms with Gasteiger partial charge in [-0.15, -0.1) is 0 Å². The zero-order valence-corrected chi connectivity index (χ0v) is 14.6. The van der Waals surface area contributed by atoms with Gasteiger partial charge in [-0.2, -0.15) is 5.10 Å². The van der Waals surface area contributed by atoms with Crippen molar-refractivity contribution in [1.29, 1.82) is 0 Å². The summed E-state index contributed by atoms with van der Waals surface area (Å²) in [4.78, 5) is 12.8. The molecule has 134 valence electrons. The molecule has 2 rings (SSSR count). The van der Waals surface area contributed by atoms with Gasteiger partial charge in [-0.3, -0.25) is 20.4 Å². The normalized spacial score (nSPS) is 15.5. The first-order valence-electron chi connectivity index (χ1n) is 7.94. The molecule has 2 N–H and O–H groups in total. The van der Waals surface area contributed by atoms with E-state index in [1.165, 1.54) is 12.3 Å². The van der Waals surface area contributed by atoms with Crippen molar-refractivity contribution in [2.45, 2.75) is 0 Å². The number of thiocarbonyl (C=S) groups is 1. The molecule has 1 heterocycles. The minimum absolute atomic E-state index is 0.0559. The summed E-state index contributed by atoms with van der Waals surface area (Å²) in [5, 5.41) is 18.4. The Morgan fingerprint density at radius 3 is 2.92 bits per heavy atom. The van der Waals surface area contributed by atoms with Gasteiger partial charge in [0, 0.05) is 38.5 Å². The summed E-state index contributed by atoms with van der Waals surface area (Å²) < 4.78 is 5.29. The van der Waals surface area contributed by atoms with Crippen molar-refractivity contribution in [3.8, 4) is 0 Å². The third-order valence-electron chi connectivity index (χ3n) is 3.55. The molecular weight excluding hydrogens is 342 g/mol. The number of morpholine rings is 1. The molecule has 0 spiro atoms. The Bertz CT molecular complexity index is 644. The van der Waals surface area contributed by atoms with Crippen molar-refractivity contribution in [3.63, 3.8) is 0 Å². The fourth-order valence-corrected chi connectivity index (χ4v) is 2.43. The van der Waals surface area contributed by atoms with Gasteiger partial charge < -0.3 is 10.1 Å².